The van der Waals surface area contributed by atoms with Gasteiger partial charge in [0.15, 0.2) is 0 Å². The number of aliphatic carboxylic acids is 1. The Labute approximate surface area is 193 Å². The summed E-state index contributed by atoms with van der Waals surface area (Å²) in [5, 5.41) is 21.2. The topological polar surface area (TPSA) is 130 Å². The number of carboxylic acids is 1. The van der Waals surface area contributed by atoms with Crippen LogP contribution in [0.15, 0.2) is 29.2 Å². The standard InChI is InChI=1S/C23H29N5O4S/c1-5-28-20-12-23(3,4)9-8-17(20)22(27-28)19-11-18(25-26-19)16-7-6-15(10-14(16)2)33(31,32)24-13-21(29)30/h6-7,10-11,24H,5,8-9,12-13H2,1-4H3,(H,25,26)(H,29,30). The number of sulfonamides is 1. The fourth-order valence-corrected chi connectivity index (χ4v) is 5.45. The number of carbonyl (C=O) groups is 1. The monoisotopic (exact) mass is 471 g/mol. The lowest BCUT2D eigenvalue weighted by atomic mass is 9.76. The number of hydrogen-bond donors (Lipinski definition) is 3. The number of hydrogen-bond acceptors (Lipinski definition) is 5. The molecule has 4 rings (SSSR count). The van der Waals surface area contributed by atoms with E-state index in [4.69, 9.17) is 10.2 Å². The minimum Gasteiger partial charge on any atom is -0.480 e. The second-order valence-corrected chi connectivity index (χ2v) is 11.1. The molecule has 2 heterocycles. The van der Waals surface area contributed by atoms with Crippen LogP contribution in [0.2, 0.25) is 0 Å². The van der Waals surface area contributed by atoms with Crippen molar-refractivity contribution in [3.8, 4) is 22.6 Å². The van der Waals surface area contributed by atoms with E-state index >= 15 is 0 Å². The van der Waals surface area contributed by atoms with E-state index < -0.39 is 22.5 Å². The molecule has 176 valence electrons. The number of fused-ring (bicyclic) bond motifs is 1. The molecule has 0 saturated heterocycles. The number of rotatable bonds is 7. The van der Waals surface area contributed by atoms with Crippen LogP contribution in [0.25, 0.3) is 22.6 Å². The Hall–Kier alpha value is -2.98. The lowest BCUT2D eigenvalue weighted by Gasteiger charge is -2.30. The molecule has 0 bridgehead atoms. The van der Waals surface area contributed by atoms with Crippen LogP contribution in [-0.2, 0) is 34.2 Å². The fourth-order valence-electron chi connectivity index (χ4n) is 4.39. The summed E-state index contributed by atoms with van der Waals surface area (Å²) < 4.78 is 28.8. The van der Waals surface area contributed by atoms with E-state index in [2.05, 4.69) is 40.4 Å². The first kappa shape index (κ1) is 23.2. The third-order valence-electron chi connectivity index (χ3n) is 6.19. The van der Waals surface area contributed by atoms with Gasteiger partial charge < -0.3 is 5.11 Å². The number of nitrogens with zero attached hydrogens (tertiary/aromatic N) is 3. The third-order valence-corrected chi connectivity index (χ3v) is 7.59. The lowest BCUT2D eigenvalue weighted by Crippen LogP contribution is -2.29. The summed E-state index contributed by atoms with van der Waals surface area (Å²) in [5.74, 6) is -1.24. The van der Waals surface area contributed by atoms with Crippen molar-refractivity contribution < 1.29 is 18.3 Å². The van der Waals surface area contributed by atoms with Gasteiger partial charge in [0.2, 0.25) is 10.0 Å². The highest BCUT2D eigenvalue weighted by atomic mass is 32.2. The van der Waals surface area contributed by atoms with Crippen LogP contribution < -0.4 is 4.72 Å². The minimum absolute atomic E-state index is 0.0131. The van der Waals surface area contributed by atoms with Crippen molar-refractivity contribution >= 4 is 16.0 Å². The molecule has 1 aromatic carbocycles. The highest BCUT2D eigenvalue weighted by Crippen LogP contribution is 2.39. The maximum atomic E-state index is 12.3. The molecular formula is C23H29N5O4S. The van der Waals surface area contributed by atoms with Gasteiger partial charge in [0, 0.05) is 23.4 Å². The van der Waals surface area contributed by atoms with Crippen LogP contribution in [0.3, 0.4) is 0 Å². The largest absolute Gasteiger partial charge is 0.480 e. The molecule has 2 aromatic heterocycles. The first-order valence-electron chi connectivity index (χ1n) is 11.0. The summed E-state index contributed by atoms with van der Waals surface area (Å²) in [5.41, 5.74) is 6.79. The Morgan fingerprint density at radius 3 is 2.73 bits per heavy atom. The van der Waals surface area contributed by atoms with Gasteiger partial charge in [-0.2, -0.15) is 14.9 Å². The van der Waals surface area contributed by atoms with Crippen LogP contribution in [0.5, 0.6) is 0 Å². The summed E-state index contributed by atoms with van der Waals surface area (Å²) >= 11 is 0. The highest BCUT2D eigenvalue weighted by Gasteiger charge is 2.31. The molecule has 0 fully saturated rings. The van der Waals surface area contributed by atoms with Crippen LogP contribution in [0, 0.1) is 12.3 Å². The van der Waals surface area contributed by atoms with Crippen molar-refractivity contribution in [3.05, 3.63) is 41.1 Å². The smallest absolute Gasteiger partial charge is 0.318 e. The predicted octanol–water partition coefficient (Wildman–Crippen LogP) is 3.15. The normalized spacial score (nSPS) is 15.4. The molecule has 0 amide bonds. The van der Waals surface area contributed by atoms with Crippen LogP contribution in [0.4, 0.5) is 0 Å². The molecule has 9 nitrogen and oxygen atoms in total. The van der Waals surface area contributed by atoms with Crippen LogP contribution in [-0.4, -0.2) is 46.0 Å². The number of aromatic amines is 1. The van der Waals surface area contributed by atoms with Crippen molar-refractivity contribution in [2.45, 2.75) is 58.4 Å². The summed E-state index contributed by atoms with van der Waals surface area (Å²) in [6.07, 6.45) is 3.07. The van der Waals surface area contributed by atoms with Gasteiger partial charge in [-0.05, 0) is 62.3 Å². The molecule has 1 aliphatic rings. The van der Waals surface area contributed by atoms with Crippen molar-refractivity contribution in [2.24, 2.45) is 5.41 Å². The molecule has 33 heavy (non-hydrogen) atoms. The van der Waals surface area contributed by atoms with Gasteiger partial charge in [0.1, 0.15) is 12.2 Å². The summed E-state index contributed by atoms with van der Waals surface area (Å²) in [6, 6.07) is 6.61. The Morgan fingerprint density at radius 2 is 2.06 bits per heavy atom. The van der Waals surface area contributed by atoms with Gasteiger partial charge in [-0.1, -0.05) is 19.9 Å². The second-order valence-electron chi connectivity index (χ2n) is 9.29. The number of nitrogens with one attached hydrogen (secondary N) is 2. The fraction of sp³-hybridized carbons (Fsp3) is 0.435. The Balaban J connectivity index is 1.65. The van der Waals surface area contributed by atoms with Crippen molar-refractivity contribution in [2.75, 3.05) is 6.54 Å². The van der Waals surface area contributed by atoms with Gasteiger partial charge in [-0.15, -0.1) is 0 Å². The number of benzene rings is 1. The van der Waals surface area contributed by atoms with E-state index in [-0.39, 0.29) is 10.3 Å². The summed E-state index contributed by atoms with van der Waals surface area (Å²) in [6.45, 7) is 8.63. The van der Waals surface area contributed by atoms with Gasteiger partial charge in [0.05, 0.1) is 16.3 Å². The zero-order valence-electron chi connectivity index (χ0n) is 19.3. The second kappa shape index (κ2) is 8.42. The van der Waals surface area contributed by atoms with E-state index in [1.54, 1.807) is 13.0 Å². The molecule has 0 spiro atoms. The zero-order chi connectivity index (χ0) is 24.0. The number of carboxylic acid groups (broad SMARTS) is 1. The molecule has 0 saturated carbocycles. The third kappa shape index (κ3) is 4.58. The van der Waals surface area contributed by atoms with E-state index in [1.807, 2.05) is 6.07 Å². The molecule has 10 heteroatoms. The Kier molecular flexibility index (Phi) is 5.92. The van der Waals surface area contributed by atoms with Gasteiger partial charge in [-0.3, -0.25) is 14.6 Å². The van der Waals surface area contributed by atoms with Crippen LogP contribution >= 0.6 is 0 Å². The van der Waals surface area contributed by atoms with E-state index in [1.165, 1.54) is 23.4 Å². The van der Waals surface area contributed by atoms with E-state index in [0.29, 0.717) is 11.3 Å². The molecular weight excluding hydrogens is 442 g/mol. The first-order chi connectivity index (χ1) is 15.5. The average Bonchev–Trinajstić information content (AvgIpc) is 3.36. The summed E-state index contributed by atoms with van der Waals surface area (Å²) in [7, 11) is -3.91. The molecule has 1 aliphatic carbocycles. The maximum Gasteiger partial charge on any atom is 0.318 e. The first-order valence-corrected chi connectivity index (χ1v) is 12.5. The number of aromatic nitrogens is 4. The van der Waals surface area contributed by atoms with Gasteiger partial charge >= 0.3 is 5.97 Å². The highest BCUT2D eigenvalue weighted by molar-refractivity contribution is 7.89. The summed E-state index contributed by atoms with van der Waals surface area (Å²) in [4.78, 5) is 10.7. The molecule has 0 unspecified atom stereocenters. The molecule has 3 aromatic rings. The predicted molar refractivity (Wildman–Crippen MR) is 124 cm³/mol. The van der Waals surface area contributed by atoms with Crippen molar-refractivity contribution in [1.82, 2.24) is 24.7 Å². The van der Waals surface area contributed by atoms with Crippen molar-refractivity contribution in [3.63, 3.8) is 0 Å². The lowest BCUT2D eigenvalue weighted by molar-refractivity contribution is -0.135. The average molecular weight is 472 g/mol. The minimum atomic E-state index is -3.91. The Morgan fingerprint density at radius 1 is 1.30 bits per heavy atom. The molecule has 3 N–H and O–H groups in total. The molecule has 0 atom stereocenters. The quantitative estimate of drug-likeness (QED) is 0.485. The van der Waals surface area contributed by atoms with Gasteiger partial charge in [0.25, 0.3) is 0 Å². The molecule has 0 aliphatic heterocycles. The SMILES string of the molecule is CCn1nc(-c2cc(-c3ccc(S(=O)(=O)NCC(=O)O)cc3C)n[nH]2)c2c1CC(C)(C)CC2. The van der Waals surface area contributed by atoms with Gasteiger partial charge in [-0.25, -0.2) is 8.42 Å². The number of aryl methyl sites for hydroxylation is 2. The van der Waals surface area contributed by atoms with Crippen molar-refractivity contribution in [1.29, 1.82) is 0 Å². The zero-order valence-corrected chi connectivity index (χ0v) is 20.1. The van der Waals surface area contributed by atoms with Crippen LogP contribution in [0.1, 0.15) is 44.0 Å². The molecule has 0 radical (unpaired) electrons. The maximum absolute atomic E-state index is 12.3. The number of H-pyrrole nitrogens is 1. The van der Waals surface area contributed by atoms with E-state index in [0.717, 1.165) is 42.8 Å². The van der Waals surface area contributed by atoms with E-state index in [9.17, 15) is 13.2 Å². The Bertz CT molecular complexity index is 1320.